The smallest absolute Gasteiger partial charge is 0.161 e. The highest BCUT2D eigenvalue weighted by molar-refractivity contribution is 6.34. The van der Waals surface area contributed by atoms with E-state index in [0.29, 0.717) is 28.5 Å². The number of nitrogens with zero attached hydrogens (tertiary/aromatic N) is 1. The molecule has 0 atom stereocenters. The van der Waals surface area contributed by atoms with Crippen LogP contribution in [0.15, 0.2) is 17.7 Å². The Balaban J connectivity index is 3.22. The van der Waals surface area contributed by atoms with Crippen molar-refractivity contribution in [3.05, 3.63) is 34.6 Å². The minimum absolute atomic E-state index is 0.00830. The van der Waals surface area contributed by atoms with Crippen molar-refractivity contribution < 1.29 is 6.17 Å². The van der Waals surface area contributed by atoms with Crippen molar-refractivity contribution in [1.82, 2.24) is 4.98 Å². The molecule has 1 aromatic rings. The lowest BCUT2D eigenvalue weighted by Gasteiger charge is -2.12. The van der Waals surface area contributed by atoms with Gasteiger partial charge in [-0.3, -0.25) is 9.78 Å². The average Bonchev–Trinajstić information content (AvgIpc) is 2.28. The molecule has 0 saturated heterocycles. The predicted molar refractivity (Wildman–Crippen MR) is 76.6 cm³/mol. The van der Waals surface area contributed by atoms with E-state index in [9.17, 15) is 4.79 Å². The highest BCUT2D eigenvalue weighted by Crippen LogP contribution is 2.13. The third kappa shape index (κ3) is 3.83. The fraction of sp³-hybridized carbons (Fsp3) is 0.467. The molecule has 3 heteroatoms. The number of hydrogen-bond donors (Lipinski definition) is 0. The molecule has 1 heterocycles. The summed E-state index contributed by atoms with van der Waals surface area (Å²) in [5.74, 6) is 0.134. The van der Waals surface area contributed by atoms with E-state index < -0.39 is 0 Å². The van der Waals surface area contributed by atoms with Gasteiger partial charge in [0.05, 0.1) is 7.79 Å². The lowest BCUT2D eigenvalue weighted by Crippen LogP contribution is -2.21. The Labute approximate surface area is 112 Å². The van der Waals surface area contributed by atoms with Crippen LogP contribution in [0.3, 0.4) is 0 Å². The maximum absolute atomic E-state index is 11.8. The van der Waals surface area contributed by atoms with Crippen LogP contribution in [-0.4, -0.2) is 18.6 Å². The van der Waals surface area contributed by atoms with Gasteiger partial charge in [-0.2, -0.15) is 0 Å². The molecule has 0 aliphatic heterocycles. The van der Waals surface area contributed by atoms with E-state index in [-0.39, 0.29) is 18.1 Å². The Hall–Kier alpha value is -1.38. The predicted octanol–water partition coefficient (Wildman–Crippen LogP) is 2.39. The van der Waals surface area contributed by atoms with E-state index in [0.717, 1.165) is 5.57 Å². The summed E-state index contributed by atoms with van der Waals surface area (Å²) in [4.78, 5) is 16.3. The fourth-order valence-corrected chi connectivity index (χ4v) is 1.66. The molecule has 0 amide bonds. The van der Waals surface area contributed by atoms with Crippen LogP contribution in [0.1, 0.15) is 51.9 Å². The second kappa shape index (κ2) is 5.99. The van der Waals surface area contributed by atoms with Crippen molar-refractivity contribution in [1.29, 1.82) is 0 Å². The first-order valence-electron chi connectivity index (χ1n) is 6.67. The van der Waals surface area contributed by atoms with Gasteiger partial charge in [-0.15, -0.1) is 0 Å². The molecule has 0 aromatic carbocycles. The highest BCUT2D eigenvalue weighted by Gasteiger charge is 2.11. The fourth-order valence-electron chi connectivity index (χ4n) is 1.66. The van der Waals surface area contributed by atoms with E-state index in [1.807, 2.05) is 27.7 Å². The Morgan fingerprint density at radius 1 is 1.56 bits per heavy atom. The van der Waals surface area contributed by atoms with Crippen molar-refractivity contribution >= 4 is 19.1 Å². The number of rotatable bonds is 4. The molecule has 0 bridgehead atoms. The van der Waals surface area contributed by atoms with Crippen LogP contribution in [0.2, 0.25) is 0 Å². The molecule has 2 nitrogen and oxygen atoms in total. The van der Waals surface area contributed by atoms with Crippen molar-refractivity contribution in [2.75, 3.05) is 0 Å². The number of carbonyl (C=O) groups excluding carboxylic acids is 1. The standard InChI is InChI=1S/C15H20BNO/c1-9(2)6-12(18)8-14-15(16)11(5)7-13(17-14)10(3)4/h6-7,10H,8H2,1-5H3/i7D. The number of carbonyl (C=O) groups is 1. The number of hydrogen-bond acceptors (Lipinski definition) is 2. The quantitative estimate of drug-likeness (QED) is 0.599. The van der Waals surface area contributed by atoms with Gasteiger partial charge in [-0.05, 0) is 38.8 Å². The van der Waals surface area contributed by atoms with Crippen molar-refractivity contribution in [2.24, 2.45) is 0 Å². The number of aromatic nitrogens is 1. The molecular formula is C15H20BNO. The lowest BCUT2D eigenvalue weighted by atomic mass is 9.86. The third-order valence-corrected chi connectivity index (χ3v) is 2.62. The van der Waals surface area contributed by atoms with Crippen LogP contribution in [0.5, 0.6) is 0 Å². The van der Waals surface area contributed by atoms with Crippen LogP contribution in [0.25, 0.3) is 0 Å². The van der Waals surface area contributed by atoms with Gasteiger partial charge in [-0.25, -0.2) is 0 Å². The van der Waals surface area contributed by atoms with E-state index in [1.54, 1.807) is 13.0 Å². The maximum Gasteiger partial charge on any atom is 0.161 e. The summed E-state index contributed by atoms with van der Waals surface area (Å²) < 4.78 is 8.02. The van der Waals surface area contributed by atoms with E-state index in [4.69, 9.17) is 9.22 Å². The van der Waals surface area contributed by atoms with Gasteiger partial charge in [0, 0.05) is 11.4 Å². The van der Waals surface area contributed by atoms with Gasteiger partial charge >= 0.3 is 0 Å². The van der Waals surface area contributed by atoms with Crippen LogP contribution in [0.4, 0.5) is 0 Å². The minimum atomic E-state index is -0.00830. The van der Waals surface area contributed by atoms with Gasteiger partial charge in [0.25, 0.3) is 0 Å². The zero-order valence-electron chi connectivity index (χ0n) is 12.8. The Morgan fingerprint density at radius 2 is 2.17 bits per heavy atom. The SMILES string of the molecule is [2H]c1c(C(C)C)nc(CC(=O)C=C(C)C)c([B])c1C. The van der Waals surface area contributed by atoms with Gasteiger partial charge in [-0.1, -0.05) is 30.4 Å². The Bertz CT molecular complexity index is 531. The van der Waals surface area contributed by atoms with E-state index in [2.05, 4.69) is 4.98 Å². The maximum atomic E-state index is 11.8. The first-order chi connectivity index (χ1) is 8.73. The summed E-state index contributed by atoms with van der Waals surface area (Å²) in [6.07, 6.45) is 1.79. The summed E-state index contributed by atoms with van der Waals surface area (Å²) >= 11 is 0. The van der Waals surface area contributed by atoms with Crippen molar-refractivity contribution in [3.63, 3.8) is 0 Å². The Morgan fingerprint density at radius 3 is 2.67 bits per heavy atom. The number of ketones is 1. The average molecular weight is 242 g/mol. The molecular weight excluding hydrogens is 221 g/mol. The molecule has 0 spiro atoms. The molecule has 18 heavy (non-hydrogen) atoms. The first-order valence-corrected chi connectivity index (χ1v) is 6.17. The molecule has 2 radical (unpaired) electrons. The summed E-state index contributed by atoms with van der Waals surface area (Å²) in [6.45, 7) is 9.54. The third-order valence-electron chi connectivity index (χ3n) is 2.62. The molecule has 0 fully saturated rings. The van der Waals surface area contributed by atoms with Crippen molar-refractivity contribution in [3.8, 4) is 0 Å². The first kappa shape index (κ1) is 13.1. The zero-order valence-corrected chi connectivity index (χ0v) is 11.8. The van der Waals surface area contributed by atoms with Crippen LogP contribution < -0.4 is 5.46 Å². The highest BCUT2D eigenvalue weighted by atomic mass is 16.1. The van der Waals surface area contributed by atoms with E-state index >= 15 is 0 Å². The van der Waals surface area contributed by atoms with Gasteiger partial charge in [0.15, 0.2) is 5.78 Å². The molecule has 0 unspecified atom stereocenters. The summed E-state index contributed by atoms with van der Waals surface area (Å²) in [5, 5.41) is 0. The second-order valence-electron chi connectivity index (χ2n) is 5.13. The second-order valence-corrected chi connectivity index (χ2v) is 5.13. The largest absolute Gasteiger partial charge is 0.294 e. The summed E-state index contributed by atoms with van der Waals surface area (Å²) in [7, 11) is 5.98. The normalized spacial score (nSPS) is 11.3. The number of pyridine rings is 1. The van der Waals surface area contributed by atoms with Gasteiger partial charge < -0.3 is 0 Å². The van der Waals surface area contributed by atoms with Crippen molar-refractivity contribution in [2.45, 2.75) is 47.0 Å². The van der Waals surface area contributed by atoms with Gasteiger partial charge in [0.2, 0.25) is 0 Å². The molecule has 94 valence electrons. The Kier molecular flexibility index (Phi) is 4.35. The molecule has 0 saturated carbocycles. The zero-order chi connectivity index (χ0) is 14.7. The lowest BCUT2D eigenvalue weighted by molar-refractivity contribution is -0.114. The summed E-state index contributed by atoms with van der Waals surface area (Å²) in [5.41, 5.74) is 3.41. The van der Waals surface area contributed by atoms with Crippen LogP contribution in [0, 0.1) is 6.92 Å². The minimum Gasteiger partial charge on any atom is -0.294 e. The monoisotopic (exact) mass is 242 g/mol. The van der Waals surface area contributed by atoms with E-state index in [1.165, 1.54) is 0 Å². The molecule has 1 rings (SSSR count). The molecule has 0 aliphatic carbocycles. The molecule has 0 aliphatic rings. The van der Waals surface area contributed by atoms with Gasteiger partial charge in [0.1, 0.15) is 7.85 Å². The topological polar surface area (TPSA) is 30.0 Å². The number of allylic oxidation sites excluding steroid dienone is 2. The van der Waals surface area contributed by atoms with Crippen LogP contribution >= 0.6 is 0 Å². The summed E-state index contributed by atoms with van der Waals surface area (Å²) in [6, 6.07) is 0.380. The van der Waals surface area contributed by atoms with Crippen LogP contribution in [-0.2, 0) is 11.2 Å². The molecule has 0 N–H and O–H groups in total. The molecule has 1 aromatic heterocycles.